The third-order valence-electron chi connectivity index (χ3n) is 2.53. The summed E-state index contributed by atoms with van der Waals surface area (Å²) in [5.41, 5.74) is 0. The van der Waals surface area contributed by atoms with E-state index in [9.17, 15) is 0 Å². The Kier molecular flexibility index (Phi) is 3.03. The van der Waals surface area contributed by atoms with Crippen molar-refractivity contribution in [3.63, 3.8) is 0 Å². The van der Waals surface area contributed by atoms with Gasteiger partial charge in [-0.2, -0.15) is 0 Å². The van der Waals surface area contributed by atoms with E-state index in [4.69, 9.17) is 5.11 Å². The molecule has 2 atom stereocenters. The zero-order valence-electron chi connectivity index (χ0n) is 7.16. The van der Waals surface area contributed by atoms with Gasteiger partial charge in [0.2, 0.25) is 0 Å². The van der Waals surface area contributed by atoms with E-state index in [2.05, 4.69) is 32.7 Å². The molecule has 0 saturated carbocycles. The molecular formula is C9H12BrNOS. The summed E-state index contributed by atoms with van der Waals surface area (Å²) in [6.07, 6.45) is 0. The summed E-state index contributed by atoms with van der Waals surface area (Å²) >= 11 is 5.22. The molecule has 1 fully saturated rings. The van der Waals surface area contributed by atoms with E-state index >= 15 is 0 Å². The van der Waals surface area contributed by atoms with Gasteiger partial charge in [-0.1, -0.05) is 0 Å². The number of rotatable bonds is 2. The number of aliphatic hydroxyl groups excluding tert-OH is 1. The van der Waals surface area contributed by atoms with E-state index in [0.29, 0.717) is 11.8 Å². The summed E-state index contributed by atoms with van der Waals surface area (Å²) < 4.78 is 1.15. The predicted octanol–water partition coefficient (Wildman–Crippen LogP) is 1.81. The molecule has 1 saturated heterocycles. The maximum atomic E-state index is 9.16. The van der Waals surface area contributed by atoms with E-state index in [-0.39, 0.29) is 6.61 Å². The first-order valence-corrected chi connectivity index (χ1v) is 6.04. The van der Waals surface area contributed by atoms with Crippen LogP contribution in [-0.4, -0.2) is 24.8 Å². The first-order chi connectivity index (χ1) is 6.31. The third-order valence-corrected chi connectivity index (χ3v) is 4.35. The lowest BCUT2D eigenvalue weighted by molar-refractivity contribution is 0.227. The molecule has 0 aromatic carbocycles. The Hall–Kier alpha value is 0.1000. The Bertz CT molecular complexity index is 289. The van der Waals surface area contributed by atoms with Crippen LogP contribution in [0.4, 0.5) is 0 Å². The topological polar surface area (TPSA) is 32.3 Å². The standard InChI is InChI=1S/C9H12BrNOS/c10-7-1-9(13-5-7)8-3-11-2-6(8)4-12/h1,5-6,8,11-12H,2-4H2/t6-,8+/m0/s1. The lowest BCUT2D eigenvalue weighted by Crippen LogP contribution is -2.14. The Morgan fingerprint density at radius 2 is 2.46 bits per heavy atom. The van der Waals surface area contributed by atoms with Crippen LogP contribution in [0.1, 0.15) is 10.8 Å². The van der Waals surface area contributed by atoms with Crippen LogP contribution in [0.15, 0.2) is 15.9 Å². The number of halogens is 1. The molecule has 2 heterocycles. The van der Waals surface area contributed by atoms with Crippen molar-refractivity contribution < 1.29 is 5.11 Å². The minimum atomic E-state index is 0.285. The summed E-state index contributed by atoms with van der Waals surface area (Å²) in [6, 6.07) is 2.16. The van der Waals surface area contributed by atoms with Gasteiger partial charge in [0, 0.05) is 46.3 Å². The highest BCUT2D eigenvalue weighted by molar-refractivity contribution is 9.10. The highest BCUT2D eigenvalue weighted by Crippen LogP contribution is 2.33. The molecule has 13 heavy (non-hydrogen) atoms. The Morgan fingerprint density at radius 1 is 1.62 bits per heavy atom. The molecule has 0 aliphatic carbocycles. The van der Waals surface area contributed by atoms with E-state index in [1.54, 1.807) is 11.3 Å². The monoisotopic (exact) mass is 261 g/mol. The molecule has 0 unspecified atom stereocenters. The molecule has 72 valence electrons. The van der Waals surface area contributed by atoms with E-state index in [1.807, 2.05) is 0 Å². The number of hydrogen-bond acceptors (Lipinski definition) is 3. The van der Waals surface area contributed by atoms with Gasteiger partial charge in [-0.3, -0.25) is 0 Å². The molecule has 2 N–H and O–H groups in total. The van der Waals surface area contributed by atoms with E-state index < -0.39 is 0 Å². The summed E-state index contributed by atoms with van der Waals surface area (Å²) in [5.74, 6) is 0.895. The second-order valence-corrected chi connectivity index (χ2v) is 5.23. The van der Waals surface area contributed by atoms with Crippen LogP contribution in [0, 0.1) is 5.92 Å². The highest BCUT2D eigenvalue weighted by atomic mass is 79.9. The molecule has 0 amide bonds. The number of hydrogen-bond donors (Lipinski definition) is 2. The average Bonchev–Trinajstić information content (AvgIpc) is 2.71. The molecule has 2 rings (SSSR count). The van der Waals surface area contributed by atoms with Gasteiger partial charge in [-0.05, 0) is 22.0 Å². The van der Waals surface area contributed by atoms with Crippen LogP contribution in [-0.2, 0) is 0 Å². The van der Waals surface area contributed by atoms with Crippen LogP contribution in [0.5, 0.6) is 0 Å². The number of nitrogens with one attached hydrogen (secondary N) is 1. The molecule has 0 bridgehead atoms. The van der Waals surface area contributed by atoms with Crippen molar-refractivity contribution in [1.29, 1.82) is 0 Å². The van der Waals surface area contributed by atoms with E-state index in [0.717, 1.165) is 17.6 Å². The first kappa shape index (κ1) is 9.65. The second-order valence-electron chi connectivity index (χ2n) is 3.37. The first-order valence-electron chi connectivity index (χ1n) is 4.36. The van der Waals surface area contributed by atoms with Gasteiger partial charge in [0.05, 0.1) is 0 Å². The van der Waals surface area contributed by atoms with Gasteiger partial charge in [0.25, 0.3) is 0 Å². The van der Waals surface area contributed by atoms with E-state index in [1.165, 1.54) is 4.88 Å². The average molecular weight is 262 g/mol. The van der Waals surface area contributed by atoms with Gasteiger partial charge in [0.15, 0.2) is 0 Å². The second kappa shape index (κ2) is 4.09. The molecule has 1 aromatic heterocycles. The maximum absolute atomic E-state index is 9.16. The number of aliphatic hydroxyl groups is 1. The Balaban J connectivity index is 2.15. The molecule has 4 heteroatoms. The van der Waals surface area contributed by atoms with Gasteiger partial charge in [-0.15, -0.1) is 11.3 Å². The molecule has 0 radical (unpaired) electrons. The zero-order valence-corrected chi connectivity index (χ0v) is 9.57. The lowest BCUT2D eigenvalue weighted by Gasteiger charge is -2.13. The number of thiophene rings is 1. The SMILES string of the molecule is OC[C@@H]1CNC[C@H]1c1cc(Br)cs1. The van der Waals surface area contributed by atoms with Crippen molar-refractivity contribution in [2.75, 3.05) is 19.7 Å². The smallest absolute Gasteiger partial charge is 0.0478 e. The van der Waals surface area contributed by atoms with Crippen LogP contribution in [0.2, 0.25) is 0 Å². The fourth-order valence-electron chi connectivity index (χ4n) is 1.78. The molecule has 1 aliphatic rings. The van der Waals surface area contributed by atoms with Gasteiger partial charge < -0.3 is 10.4 Å². The predicted molar refractivity (Wildman–Crippen MR) is 58.2 cm³/mol. The minimum Gasteiger partial charge on any atom is -0.396 e. The maximum Gasteiger partial charge on any atom is 0.0478 e. The highest BCUT2D eigenvalue weighted by Gasteiger charge is 2.28. The van der Waals surface area contributed by atoms with Crippen molar-refractivity contribution in [3.05, 3.63) is 20.8 Å². The molecule has 1 aliphatic heterocycles. The fourth-order valence-corrected chi connectivity index (χ4v) is 3.42. The van der Waals surface area contributed by atoms with Crippen molar-refractivity contribution in [2.24, 2.45) is 5.92 Å². The third kappa shape index (κ3) is 1.96. The molecule has 1 aromatic rings. The summed E-state index contributed by atoms with van der Waals surface area (Å²) in [6.45, 7) is 2.22. The van der Waals surface area contributed by atoms with Crippen LogP contribution < -0.4 is 5.32 Å². The Morgan fingerprint density at radius 3 is 3.08 bits per heavy atom. The fraction of sp³-hybridized carbons (Fsp3) is 0.556. The zero-order chi connectivity index (χ0) is 9.26. The molecule has 2 nitrogen and oxygen atoms in total. The van der Waals surface area contributed by atoms with Crippen LogP contribution in [0.25, 0.3) is 0 Å². The minimum absolute atomic E-state index is 0.285. The van der Waals surface area contributed by atoms with Gasteiger partial charge >= 0.3 is 0 Å². The van der Waals surface area contributed by atoms with Gasteiger partial charge in [-0.25, -0.2) is 0 Å². The summed E-state index contributed by atoms with van der Waals surface area (Å²) in [5, 5.41) is 14.6. The Labute approximate surface area is 90.1 Å². The van der Waals surface area contributed by atoms with Crippen molar-refractivity contribution in [3.8, 4) is 0 Å². The lowest BCUT2D eigenvalue weighted by atomic mass is 9.95. The van der Waals surface area contributed by atoms with Crippen LogP contribution >= 0.6 is 27.3 Å². The normalized spacial score (nSPS) is 28.2. The van der Waals surface area contributed by atoms with Crippen molar-refractivity contribution in [2.45, 2.75) is 5.92 Å². The van der Waals surface area contributed by atoms with Crippen molar-refractivity contribution in [1.82, 2.24) is 5.32 Å². The molecule has 0 spiro atoms. The van der Waals surface area contributed by atoms with Crippen molar-refractivity contribution >= 4 is 27.3 Å². The van der Waals surface area contributed by atoms with Crippen LogP contribution in [0.3, 0.4) is 0 Å². The summed E-state index contributed by atoms with van der Waals surface area (Å²) in [7, 11) is 0. The largest absolute Gasteiger partial charge is 0.396 e. The quantitative estimate of drug-likeness (QED) is 0.852. The molecular weight excluding hydrogens is 250 g/mol. The summed E-state index contributed by atoms with van der Waals surface area (Å²) in [4.78, 5) is 1.37. The van der Waals surface area contributed by atoms with Gasteiger partial charge in [0.1, 0.15) is 0 Å².